The van der Waals surface area contributed by atoms with E-state index in [0.717, 1.165) is 0 Å². The normalized spacial score (nSPS) is 19.8. The molecular weight excluding hydrogens is 358 g/mol. The monoisotopic (exact) mass is 375 g/mol. The number of alkyl halides is 8. The van der Waals surface area contributed by atoms with Gasteiger partial charge in [-0.25, -0.2) is 8.78 Å². The largest absolute Gasteiger partial charge is 0.389 e. The van der Waals surface area contributed by atoms with Gasteiger partial charge in [-0.1, -0.05) is 0 Å². The number of ether oxygens (including phenoxy) is 2. The molecule has 0 saturated carbocycles. The predicted molar refractivity (Wildman–Crippen MR) is 64.9 cm³/mol. The lowest BCUT2D eigenvalue weighted by molar-refractivity contribution is -0.346. The van der Waals surface area contributed by atoms with Gasteiger partial charge in [0.25, 0.3) is 0 Å². The van der Waals surface area contributed by atoms with Crippen LogP contribution in [0.1, 0.15) is 0 Å². The fraction of sp³-hybridized carbons (Fsp3) is 1.00. The molecule has 0 aromatic rings. The van der Waals surface area contributed by atoms with Gasteiger partial charge < -0.3 is 14.6 Å². The molecule has 12 heteroatoms. The van der Waals surface area contributed by atoms with Crippen LogP contribution in [-0.2, 0) is 9.47 Å². The maximum absolute atomic E-state index is 13.2. The summed E-state index contributed by atoms with van der Waals surface area (Å²) in [5, 5.41) is 9.54. The summed E-state index contributed by atoms with van der Waals surface area (Å²) in [5.41, 5.74) is 0. The average Bonchev–Trinajstić information content (AvgIpc) is 2.47. The van der Waals surface area contributed by atoms with Crippen molar-refractivity contribution < 1.29 is 49.7 Å². The Bertz CT molecular complexity index is 390. The number of aliphatic hydroxyl groups is 1. The van der Waals surface area contributed by atoms with E-state index in [4.69, 9.17) is 4.74 Å². The Kier molecular flexibility index (Phi) is 7.20. The van der Waals surface area contributed by atoms with Crippen molar-refractivity contribution in [1.82, 2.24) is 4.90 Å². The zero-order valence-electron chi connectivity index (χ0n) is 12.3. The van der Waals surface area contributed by atoms with E-state index in [1.54, 1.807) is 4.90 Å². The SMILES string of the molecule is OC(COCC(F)(F)C(F)(F)C(F)(F)C(F)F)CN1CCOCC1. The van der Waals surface area contributed by atoms with Crippen LogP contribution in [0, 0.1) is 0 Å². The molecule has 1 heterocycles. The minimum Gasteiger partial charge on any atom is -0.389 e. The van der Waals surface area contributed by atoms with Crippen molar-refractivity contribution in [3.05, 3.63) is 0 Å². The molecule has 1 saturated heterocycles. The lowest BCUT2D eigenvalue weighted by Crippen LogP contribution is -2.59. The Morgan fingerprint density at radius 3 is 2.08 bits per heavy atom. The van der Waals surface area contributed by atoms with Gasteiger partial charge >= 0.3 is 24.2 Å². The Hall–Kier alpha value is -0.720. The molecule has 144 valence electrons. The predicted octanol–water partition coefficient (Wildman–Crippen LogP) is 1.87. The number of hydrogen-bond acceptors (Lipinski definition) is 4. The molecule has 1 atom stereocenters. The third-order valence-electron chi connectivity index (χ3n) is 3.32. The molecule has 4 nitrogen and oxygen atoms in total. The number of aliphatic hydroxyl groups excluding tert-OH is 1. The lowest BCUT2D eigenvalue weighted by atomic mass is 10.1. The Labute approximate surface area is 132 Å². The van der Waals surface area contributed by atoms with Crippen molar-refractivity contribution in [2.45, 2.75) is 30.3 Å². The fourth-order valence-electron chi connectivity index (χ4n) is 1.93. The van der Waals surface area contributed by atoms with Gasteiger partial charge in [-0.3, -0.25) is 4.90 Å². The standard InChI is InChI=1S/C12H17F8NO3/c13-9(14)11(17,18)12(19,20)10(15,16)7-24-6-8(22)5-21-1-3-23-4-2-21/h8-9,22H,1-7H2. The van der Waals surface area contributed by atoms with Crippen LogP contribution in [0.2, 0.25) is 0 Å². The molecule has 1 aliphatic rings. The summed E-state index contributed by atoms with van der Waals surface area (Å²) in [5.74, 6) is -18.1. The first kappa shape index (κ1) is 21.3. The van der Waals surface area contributed by atoms with E-state index in [1.807, 2.05) is 0 Å². The minimum atomic E-state index is -6.30. The van der Waals surface area contributed by atoms with Crippen molar-refractivity contribution in [3.8, 4) is 0 Å². The lowest BCUT2D eigenvalue weighted by Gasteiger charge is -2.32. The first-order valence-electron chi connectivity index (χ1n) is 6.89. The van der Waals surface area contributed by atoms with Crippen LogP contribution in [0.25, 0.3) is 0 Å². The molecule has 1 aliphatic heterocycles. The molecule has 1 fully saturated rings. The number of hydrogen-bond donors (Lipinski definition) is 1. The third-order valence-corrected chi connectivity index (χ3v) is 3.32. The summed E-state index contributed by atoms with van der Waals surface area (Å²) in [6.07, 6.45) is -6.31. The number of halogens is 8. The second-order valence-electron chi connectivity index (χ2n) is 5.28. The van der Waals surface area contributed by atoms with Crippen molar-refractivity contribution >= 4 is 0 Å². The van der Waals surface area contributed by atoms with E-state index < -0.39 is 43.5 Å². The molecule has 1 rings (SSSR count). The Morgan fingerprint density at radius 1 is 1.04 bits per heavy atom. The topological polar surface area (TPSA) is 41.9 Å². The fourth-order valence-corrected chi connectivity index (χ4v) is 1.93. The smallest absolute Gasteiger partial charge is 0.380 e. The zero-order valence-corrected chi connectivity index (χ0v) is 12.3. The van der Waals surface area contributed by atoms with E-state index in [1.165, 1.54) is 0 Å². The highest BCUT2D eigenvalue weighted by atomic mass is 19.4. The van der Waals surface area contributed by atoms with Crippen molar-refractivity contribution in [3.63, 3.8) is 0 Å². The number of β-amino-alcohol motifs (C(OH)–C–C–N with tert-alkyl or cyclic N) is 1. The van der Waals surface area contributed by atoms with E-state index in [0.29, 0.717) is 26.3 Å². The Morgan fingerprint density at radius 2 is 1.58 bits per heavy atom. The molecule has 1 unspecified atom stereocenters. The Balaban J connectivity index is 2.49. The maximum Gasteiger partial charge on any atom is 0.380 e. The molecule has 0 amide bonds. The van der Waals surface area contributed by atoms with Crippen molar-refractivity contribution in [2.24, 2.45) is 0 Å². The second kappa shape index (κ2) is 8.11. The van der Waals surface area contributed by atoms with Gasteiger partial charge in [-0.2, -0.15) is 26.3 Å². The zero-order chi connectivity index (χ0) is 18.6. The van der Waals surface area contributed by atoms with Gasteiger partial charge in [-0.05, 0) is 0 Å². The highest BCUT2D eigenvalue weighted by Gasteiger charge is 2.75. The number of morpholine rings is 1. The van der Waals surface area contributed by atoms with Crippen molar-refractivity contribution in [1.29, 1.82) is 0 Å². The van der Waals surface area contributed by atoms with Gasteiger partial charge in [-0.15, -0.1) is 0 Å². The quantitative estimate of drug-likeness (QED) is 0.625. The van der Waals surface area contributed by atoms with Gasteiger partial charge in [0.15, 0.2) is 0 Å². The second-order valence-corrected chi connectivity index (χ2v) is 5.28. The van der Waals surface area contributed by atoms with E-state index in [2.05, 4.69) is 4.74 Å². The van der Waals surface area contributed by atoms with Gasteiger partial charge in [0, 0.05) is 19.6 Å². The highest BCUT2D eigenvalue weighted by Crippen LogP contribution is 2.48. The summed E-state index contributed by atoms with van der Waals surface area (Å²) in [7, 11) is 0. The number of rotatable bonds is 9. The minimum absolute atomic E-state index is 0.0292. The van der Waals surface area contributed by atoms with Crippen LogP contribution in [0.15, 0.2) is 0 Å². The molecule has 0 aromatic carbocycles. The van der Waals surface area contributed by atoms with Gasteiger partial charge in [0.05, 0.1) is 25.9 Å². The van der Waals surface area contributed by atoms with Gasteiger partial charge in [0.1, 0.15) is 6.61 Å². The van der Waals surface area contributed by atoms with Crippen LogP contribution < -0.4 is 0 Å². The first-order chi connectivity index (χ1) is 10.9. The molecule has 0 bridgehead atoms. The number of nitrogens with zero attached hydrogens (tertiary/aromatic N) is 1. The summed E-state index contributed by atoms with van der Waals surface area (Å²) in [6, 6.07) is 0. The third kappa shape index (κ3) is 4.90. The van der Waals surface area contributed by atoms with Crippen LogP contribution in [0.4, 0.5) is 35.1 Å². The van der Waals surface area contributed by atoms with E-state index >= 15 is 0 Å². The molecule has 0 spiro atoms. The maximum atomic E-state index is 13.2. The van der Waals surface area contributed by atoms with Crippen LogP contribution >= 0.6 is 0 Å². The molecule has 0 radical (unpaired) electrons. The highest BCUT2D eigenvalue weighted by molar-refractivity contribution is 4.97. The summed E-state index contributed by atoms with van der Waals surface area (Å²) >= 11 is 0. The van der Waals surface area contributed by atoms with Crippen LogP contribution in [0.5, 0.6) is 0 Å². The molecule has 24 heavy (non-hydrogen) atoms. The molecular formula is C12H17F8NO3. The van der Waals surface area contributed by atoms with Gasteiger partial charge in [0.2, 0.25) is 0 Å². The average molecular weight is 375 g/mol. The molecule has 1 N–H and O–H groups in total. The van der Waals surface area contributed by atoms with Crippen LogP contribution in [0.3, 0.4) is 0 Å². The summed E-state index contributed by atoms with van der Waals surface area (Å²) < 4.78 is 110. The van der Waals surface area contributed by atoms with Crippen molar-refractivity contribution in [2.75, 3.05) is 46.1 Å². The summed E-state index contributed by atoms with van der Waals surface area (Å²) in [4.78, 5) is 1.69. The first-order valence-corrected chi connectivity index (χ1v) is 6.89. The van der Waals surface area contributed by atoms with Crippen LogP contribution in [-0.4, -0.2) is 86.4 Å². The molecule has 0 aliphatic carbocycles. The summed E-state index contributed by atoms with van der Waals surface area (Å²) in [6.45, 7) is -1.43. The molecule has 0 aromatic heterocycles. The van der Waals surface area contributed by atoms with E-state index in [-0.39, 0.29) is 6.54 Å². The van der Waals surface area contributed by atoms with E-state index in [9.17, 15) is 40.2 Å².